The second-order valence-electron chi connectivity index (χ2n) is 2.96. The molecule has 4 heteroatoms. The number of hydrogen-bond acceptors (Lipinski definition) is 4. The number of rotatable bonds is 2. The summed E-state index contributed by atoms with van der Waals surface area (Å²) in [7, 11) is 0. The standard InChI is InChI=1S/C10H16O4/c1-2-13-10(11)14-9-5-3-4-7-12-8-6-9/h3,5,9H,2,4,6-8H2,1H3/b5-3+. The average molecular weight is 200 g/mol. The fraction of sp³-hybridized carbons (Fsp3) is 0.700. The summed E-state index contributed by atoms with van der Waals surface area (Å²) in [4.78, 5) is 11.0. The van der Waals surface area contributed by atoms with Gasteiger partial charge in [-0.3, -0.25) is 0 Å². The molecule has 1 heterocycles. The monoisotopic (exact) mass is 200 g/mol. The van der Waals surface area contributed by atoms with Gasteiger partial charge in [-0.15, -0.1) is 0 Å². The van der Waals surface area contributed by atoms with E-state index < -0.39 is 6.16 Å². The van der Waals surface area contributed by atoms with Crippen molar-refractivity contribution < 1.29 is 19.0 Å². The molecule has 0 saturated heterocycles. The van der Waals surface area contributed by atoms with Crippen LogP contribution in [0.3, 0.4) is 0 Å². The van der Waals surface area contributed by atoms with Crippen molar-refractivity contribution in [3.05, 3.63) is 12.2 Å². The minimum atomic E-state index is -0.609. The molecule has 14 heavy (non-hydrogen) atoms. The topological polar surface area (TPSA) is 44.8 Å². The molecule has 0 aromatic carbocycles. The molecule has 1 rings (SSSR count). The van der Waals surface area contributed by atoms with Crippen molar-refractivity contribution in [2.24, 2.45) is 0 Å². The van der Waals surface area contributed by atoms with Crippen LogP contribution >= 0.6 is 0 Å². The summed E-state index contributed by atoms with van der Waals surface area (Å²) >= 11 is 0. The fourth-order valence-corrected chi connectivity index (χ4v) is 1.17. The Balaban J connectivity index is 2.33. The van der Waals surface area contributed by atoms with Crippen LogP contribution < -0.4 is 0 Å². The highest BCUT2D eigenvalue weighted by atomic mass is 16.7. The summed E-state index contributed by atoms with van der Waals surface area (Å²) in [6.07, 6.45) is 4.58. The number of hydrogen-bond donors (Lipinski definition) is 0. The third kappa shape index (κ3) is 4.28. The van der Waals surface area contributed by atoms with Crippen molar-refractivity contribution in [3.8, 4) is 0 Å². The second-order valence-corrected chi connectivity index (χ2v) is 2.96. The molecule has 0 amide bonds. The second kappa shape index (κ2) is 6.43. The lowest BCUT2D eigenvalue weighted by molar-refractivity contribution is 0.0249. The molecule has 80 valence electrons. The summed E-state index contributed by atoms with van der Waals surface area (Å²) in [5, 5.41) is 0. The van der Waals surface area contributed by atoms with Gasteiger partial charge in [0.05, 0.1) is 19.8 Å². The number of ether oxygens (including phenoxy) is 3. The van der Waals surface area contributed by atoms with Crippen molar-refractivity contribution in [1.29, 1.82) is 0 Å². The van der Waals surface area contributed by atoms with E-state index in [0.29, 0.717) is 19.6 Å². The van der Waals surface area contributed by atoms with E-state index in [2.05, 4.69) is 4.74 Å². The Kier molecular flexibility index (Phi) is 5.07. The highest BCUT2D eigenvalue weighted by Gasteiger charge is 2.12. The summed E-state index contributed by atoms with van der Waals surface area (Å²) in [5.74, 6) is 0. The zero-order valence-corrected chi connectivity index (χ0v) is 8.40. The number of carbonyl (C=O) groups excluding carboxylic acids is 1. The van der Waals surface area contributed by atoms with Crippen molar-refractivity contribution in [2.45, 2.75) is 25.9 Å². The van der Waals surface area contributed by atoms with Gasteiger partial charge in [0, 0.05) is 6.42 Å². The summed E-state index contributed by atoms with van der Waals surface area (Å²) in [6, 6.07) is 0. The van der Waals surface area contributed by atoms with E-state index in [-0.39, 0.29) is 6.10 Å². The Hall–Kier alpha value is -1.03. The predicted octanol–water partition coefficient (Wildman–Crippen LogP) is 1.89. The van der Waals surface area contributed by atoms with Crippen molar-refractivity contribution in [1.82, 2.24) is 0 Å². The first-order valence-electron chi connectivity index (χ1n) is 4.90. The van der Waals surface area contributed by atoms with Crippen LogP contribution in [-0.4, -0.2) is 32.1 Å². The van der Waals surface area contributed by atoms with Gasteiger partial charge in [0.2, 0.25) is 0 Å². The summed E-state index contributed by atoms with van der Waals surface area (Å²) in [6.45, 7) is 3.45. The molecule has 4 nitrogen and oxygen atoms in total. The van der Waals surface area contributed by atoms with Gasteiger partial charge in [0.15, 0.2) is 0 Å². The first-order chi connectivity index (χ1) is 6.83. The minimum absolute atomic E-state index is 0.214. The van der Waals surface area contributed by atoms with Gasteiger partial charge in [-0.2, -0.15) is 0 Å². The summed E-state index contributed by atoms with van der Waals surface area (Å²) < 4.78 is 15.0. The van der Waals surface area contributed by atoms with Gasteiger partial charge < -0.3 is 14.2 Å². The van der Waals surface area contributed by atoms with Crippen molar-refractivity contribution in [2.75, 3.05) is 19.8 Å². The molecule has 1 atom stereocenters. The van der Waals surface area contributed by atoms with Gasteiger partial charge in [-0.25, -0.2) is 4.79 Å². The quantitative estimate of drug-likeness (QED) is 0.504. The minimum Gasteiger partial charge on any atom is -0.435 e. The SMILES string of the molecule is CCOC(=O)OC1/C=C/CCOCC1. The smallest absolute Gasteiger partial charge is 0.435 e. The Morgan fingerprint density at radius 3 is 3.21 bits per heavy atom. The molecule has 0 spiro atoms. The Morgan fingerprint density at radius 1 is 1.57 bits per heavy atom. The van der Waals surface area contributed by atoms with E-state index in [1.807, 2.05) is 12.2 Å². The van der Waals surface area contributed by atoms with Crippen LogP contribution in [0, 0.1) is 0 Å². The molecule has 0 bridgehead atoms. The van der Waals surface area contributed by atoms with Gasteiger partial charge >= 0.3 is 6.16 Å². The largest absolute Gasteiger partial charge is 0.508 e. The predicted molar refractivity (Wildman–Crippen MR) is 51.1 cm³/mol. The molecule has 0 aromatic heterocycles. The third-order valence-electron chi connectivity index (χ3n) is 1.84. The zero-order valence-electron chi connectivity index (χ0n) is 8.40. The first-order valence-corrected chi connectivity index (χ1v) is 4.90. The zero-order chi connectivity index (χ0) is 10.2. The molecular weight excluding hydrogens is 184 g/mol. The molecule has 1 aliphatic heterocycles. The number of carbonyl (C=O) groups is 1. The van der Waals surface area contributed by atoms with Crippen LogP contribution in [0.1, 0.15) is 19.8 Å². The fourth-order valence-electron chi connectivity index (χ4n) is 1.17. The van der Waals surface area contributed by atoms with Crippen molar-refractivity contribution >= 4 is 6.16 Å². The first kappa shape index (κ1) is 11.0. The molecule has 1 aliphatic rings. The van der Waals surface area contributed by atoms with Crippen LogP contribution in [0.5, 0.6) is 0 Å². The maximum Gasteiger partial charge on any atom is 0.508 e. The lowest BCUT2D eigenvalue weighted by Crippen LogP contribution is -2.20. The molecule has 0 aromatic rings. The van der Waals surface area contributed by atoms with Crippen LogP contribution in [-0.2, 0) is 14.2 Å². The van der Waals surface area contributed by atoms with Crippen LogP contribution in [0.4, 0.5) is 4.79 Å². The van der Waals surface area contributed by atoms with E-state index in [1.165, 1.54) is 0 Å². The van der Waals surface area contributed by atoms with Crippen LogP contribution in [0.15, 0.2) is 12.2 Å². The summed E-state index contributed by atoms with van der Waals surface area (Å²) in [5.41, 5.74) is 0. The van der Waals surface area contributed by atoms with Crippen molar-refractivity contribution in [3.63, 3.8) is 0 Å². The van der Waals surface area contributed by atoms with E-state index >= 15 is 0 Å². The average Bonchev–Trinajstić information content (AvgIpc) is 2.10. The Morgan fingerprint density at radius 2 is 2.43 bits per heavy atom. The van der Waals surface area contributed by atoms with Crippen LogP contribution in [0.2, 0.25) is 0 Å². The highest BCUT2D eigenvalue weighted by molar-refractivity contribution is 5.60. The normalized spacial score (nSPS) is 24.5. The van der Waals surface area contributed by atoms with Gasteiger partial charge in [-0.05, 0) is 19.4 Å². The molecule has 0 N–H and O–H groups in total. The molecule has 0 fully saturated rings. The molecule has 0 saturated carbocycles. The van der Waals surface area contributed by atoms with Gasteiger partial charge in [0.1, 0.15) is 6.10 Å². The highest BCUT2D eigenvalue weighted by Crippen LogP contribution is 2.07. The van der Waals surface area contributed by atoms with E-state index in [0.717, 1.165) is 13.0 Å². The lowest BCUT2D eigenvalue weighted by atomic mass is 10.2. The molecule has 0 aliphatic carbocycles. The van der Waals surface area contributed by atoms with E-state index in [1.54, 1.807) is 6.92 Å². The maximum atomic E-state index is 11.0. The van der Waals surface area contributed by atoms with E-state index in [4.69, 9.17) is 9.47 Å². The molecular formula is C10H16O4. The lowest BCUT2D eigenvalue weighted by Gasteiger charge is -2.15. The van der Waals surface area contributed by atoms with Gasteiger partial charge in [0.25, 0.3) is 0 Å². The Labute approximate surface area is 83.8 Å². The van der Waals surface area contributed by atoms with E-state index in [9.17, 15) is 4.79 Å². The molecule has 0 radical (unpaired) electrons. The third-order valence-corrected chi connectivity index (χ3v) is 1.84. The van der Waals surface area contributed by atoms with Crippen LogP contribution in [0.25, 0.3) is 0 Å². The molecule has 1 unspecified atom stereocenters. The Bertz CT molecular complexity index is 200. The van der Waals surface area contributed by atoms with Gasteiger partial charge in [-0.1, -0.05) is 6.08 Å². The maximum absolute atomic E-state index is 11.0.